The van der Waals surface area contributed by atoms with E-state index in [1.165, 1.54) is 24.3 Å². The van der Waals surface area contributed by atoms with Gasteiger partial charge in [0.15, 0.2) is 4.80 Å². The average Bonchev–Trinajstić information content (AvgIpc) is 2.81. The minimum Gasteiger partial charge on any atom is -0.480 e. The standard InChI is InChI=1S/C19H19F3N2O3S/c1-11(17(26)27)24-14-8-3-2-4-9-15(14)28-18(24)23-16(25)12-6-5-7-13(10-12)19(20,21)22/h5-7,10-11H,2-4,8-9H2,1H3,(H,26,27). The van der Waals surface area contributed by atoms with Gasteiger partial charge in [0.25, 0.3) is 5.91 Å². The second kappa shape index (κ2) is 7.90. The first-order valence-corrected chi connectivity index (χ1v) is 9.72. The average molecular weight is 412 g/mol. The fraction of sp³-hybridized carbons (Fsp3) is 0.421. The minimum atomic E-state index is -4.56. The molecular formula is C19H19F3N2O3S. The van der Waals surface area contributed by atoms with Crippen LogP contribution in [0.3, 0.4) is 0 Å². The molecule has 3 rings (SSSR count). The van der Waals surface area contributed by atoms with E-state index < -0.39 is 29.7 Å². The van der Waals surface area contributed by atoms with Crippen molar-refractivity contribution in [3.8, 4) is 0 Å². The maximum atomic E-state index is 12.9. The van der Waals surface area contributed by atoms with Crippen molar-refractivity contribution in [3.05, 3.63) is 50.8 Å². The molecular weight excluding hydrogens is 393 g/mol. The molecule has 5 nitrogen and oxygen atoms in total. The van der Waals surface area contributed by atoms with E-state index in [2.05, 4.69) is 4.99 Å². The van der Waals surface area contributed by atoms with E-state index in [4.69, 9.17) is 0 Å². The van der Waals surface area contributed by atoms with Gasteiger partial charge in [-0.2, -0.15) is 18.2 Å². The molecule has 1 unspecified atom stereocenters. The molecule has 0 aliphatic heterocycles. The summed E-state index contributed by atoms with van der Waals surface area (Å²) in [5.41, 5.74) is -0.261. The Labute approximate surface area is 163 Å². The number of hydrogen-bond acceptors (Lipinski definition) is 3. The van der Waals surface area contributed by atoms with Gasteiger partial charge in [0, 0.05) is 16.1 Å². The van der Waals surface area contributed by atoms with Crippen molar-refractivity contribution in [1.29, 1.82) is 0 Å². The topological polar surface area (TPSA) is 71.7 Å². The number of aromatic nitrogens is 1. The van der Waals surface area contributed by atoms with E-state index in [1.807, 2.05) is 0 Å². The van der Waals surface area contributed by atoms with E-state index in [0.29, 0.717) is 6.42 Å². The number of nitrogens with zero attached hydrogens (tertiary/aromatic N) is 2. The highest BCUT2D eigenvalue weighted by Gasteiger charge is 2.31. The number of hydrogen-bond donors (Lipinski definition) is 1. The van der Waals surface area contributed by atoms with Crippen LogP contribution in [0, 0.1) is 0 Å². The van der Waals surface area contributed by atoms with Gasteiger partial charge in [-0.15, -0.1) is 11.3 Å². The van der Waals surface area contributed by atoms with Crippen LogP contribution >= 0.6 is 11.3 Å². The number of benzene rings is 1. The Hall–Kier alpha value is -2.42. The van der Waals surface area contributed by atoms with Crippen molar-refractivity contribution in [1.82, 2.24) is 4.57 Å². The second-order valence-corrected chi connectivity index (χ2v) is 7.76. The van der Waals surface area contributed by atoms with E-state index in [-0.39, 0.29) is 10.4 Å². The minimum absolute atomic E-state index is 0.187. The molecule has 1 aromatic carbocycles. The third-order valence-electron chi connectivity index (χ3n) is 4.73. The number of rotatable bonds is 3. The highest BCUT2D eigenvalue weighted by atomic mass is 32.1. The molecule has 1 aliphatic rings. The SMILES string of the molecule is CC(C(=O)O)n1c2c(sc1=NC(=O)c1cccc(C(F)(F)F)c1)CCCCC2. The Kier molecular flexibility index (Phi) is 5.74. The summed E-state index contributed by atoms with van der Waals surface area (Å²) in [4.78, 5) is 29.3. The number of alkyl halides is 3. The van der Waals surface area contributed by atoms with Crippen LogP contribution in [0.15, 0.2) is 29.3 Å². The molecule has 9 heteroatoms. The number of carbonyl (C=O) groups is 2. The van der Waals surface area contributed by atoms with E-state index in [0.717, 1.165) is 54.5 Å². The number of aryl methyl sites for hydroxylation is 1. The van der Waals surface area contributed by atoms with Crippen molar-refractivity contribution < 1.29 is 27.9 Å². The molecule has 0 fully saturated rings. The summed E-state index contributed by atoms with van der Waals surface area (Å²) in [6, 6.07) is 3.14. The monoisotopic (exact) mass is 412 g/mol. The Bertz CT molecular complexity index is 976. The molecule has 0 saturated heterocycles. The highest BCUT2D eigenvalue weighted by molar-refractivity contribution is 7.09. The number of amides is 1. The Morgan fingerprint density at radius 3 is 2.61 bits per heavy atom. The summed E-state index contributed by atoms with van der Waals surface area (Å²) in [6.45, 7) is 1.51. The Balaban J connectivity index is 2.09. The molecule has 2 aromatic rings. The smallest absolute Gasteiger partial charge is 0.416 e. The molecule has 0 radical (unpaired) electrons. The molecule has 0 spiro atoms. The summed E-state index contributed by atoms with van der Waals surface area (Å²) in [6.07, 6.45) is -0.170. The second-order valence-electron chi connectivity index (χ2n) is 6.69. The normalized spacial score (nSPS) is 16.4. The van der Waals surface area contributed by atoms with Gasteiger partial charge in [-0.25, -0.2) is 4.79 Å². The van der Waals surface area contributed by atoms with E-state index in [9.17, 15) is 27.9 Å². The lowest BCUT2D eigenvalue weighted by Crippen LogP contribution is -2.27. The molecule has 0 bridgehead atoms. The zero-order valence-corrected chi connectivity index (χ0v) is 15.9. The first kappa shape index (κ1) is 20.3. The van der Waals surface area contributed by atoms with Gasteiger partial charge < -0.3 is 9.67 Å². The number of halogens is 3. The van der Waals surface area contributed by atoms with Gasteiger partial charge >= 0.3 is 12.1 Å². The van der Waals surface area contributed by atoms with Crippen molar-refractivity contribution >= 4 is 23.2 Å². The van der Waals surface area contributed by atoms with Crippen LogP contribution in [0.1, 0.15) is 58.7 Å². The van der Waals surface area contributed by atoms with Crippen molar-refractivity contribution in [3.63, 3.8) is 0 Å². The van der Waals surface area contributed by atoms with Crippen LogP contribution in [0.4, 0.5) is 13.2 Å². The number of aliphatic carboxylic acids is 1. The molecule has 1 aliphatic carbocycles. The first-order chi connectivity index (χ1) is 13.2. The van der Waals surface area contributed by atoms with Crippen LogP contribution in [-0.4, -0.2) is 21.6 Å². The van der Waals surface area contributed by atoms with E-state index in [1.54, 1.807) is 4.57 Å². The van der Waals surface area contributed by atoms with Crippen molar-refractivity contribution in [2.75, 3.05) is 0 Å². The lowest BCUT2D eigenvalue weighted by atomic mass is 10.1. The molecule has 1 heterocycles. The predicted octanol–water partition coefficient (Wildman–Crippen LogP) is 4.22. The Morgan fingerprint density at radius 1 is 1.21 bits per heavy atom. The third kappa shape index (κ3) is 4.19. The summed E-state index contributed by atoms with van der Waals surface area (Å²) < 4.78 is 40.2. The summed E-state index contributed by atoms with van der Waals surface area (Å²) >= 11 is 1.24. The number of fused-ring (bicyclic) bond motifs is 1. The lowest BCUT2D eigenvalue weighted by molar-refractivity contribution is -0.140. The van der Waals surface area contributed by atoms with Crippen LogP contribution in [0.5, 0.6) is 0 Å². The van der Waals surface area contributed by atoms with Crippen LogP contribution in [-0.2, 0) is 23.8 Å². The number of carbonyl (C=O) groups excluding carboxylic acids is 1. The summed E-state index contributed by atoms with van der Waals surface area (Å²) in [7, 11) is 0. The number of carboxylic acids is 1. The number of thiazole rings is 1. The molecule has 150 valence electrons. The van der Waals surface area contributed by atoms with E-state index >= 15 is 0 Å². The summed E-state index contributed by atoms with van der Waals surface area (Å²) in [5.74, 6) is -1.88. The molecule has 1 aromatic heterocycles. The zero-order valence-electron chi connectivity index (χ0n) is 15.1. The fourth-order valence-electron chi connectivity index (χ4n) is 3.24. The van der Waals surface area contributed by atoms with Crippen molar-refractivity contribution in [2.24, 2.45) is 4.99 Å². The maximum absolute atomic E-state index is 12.9. The number of carboxylic acid groups (broad SMARTS) is 1. The summed E-state index contributed by atoms with van der Waals surface area (Å²) in [5, 5.41) is 9.46. The molecule has 1 atom stereocenters. The first-order valence-electron chi connectivity index (χ1n) is 8.90. The molecule has 28 heavy (non-hydrogen) atoms. The fourth-order valence-corrected chi connectivity index (χ4v) is 4.52. The van der Waals surface area contributed by atoms with Gasteiger partial charge in [-0.1, -0.05) is 12.5 Å². The zero-order chi connectivity index (χ0) is 20.5. The largest absolute Gasteiger partial charge is 0.480 e. The molecule has 1 N–H and O–H groups in total. The van der Waals surface area contributed by atoms with Gasteiger partial charge in [0.05, 0.1) is 5.56 Å². The maximum Gasteiger partial charge on any atom is 0.416 e. The van der Waals surface area contributed by atoms with Gasteiger partial charge in [0.1, 0.15) is 6.04 Å². The Morgan fingerprint density at radius 2 is 1.93 bits per heavy atom. The molecule has 1 amide bonds. The van der Waals surface area contributed by atoms with Gasteiger partial charge in [-0.3, -0.25) is 4.79 Å². The van der Waals surface area contributed by atoms with Crippen molar-refractivity contribution in [2.45, 2.75) is 51.2 Å². The quantitative estimate of drug-likeness (QED) is 0.767. The molecule has 0 saturated carbocycles. The van der Waals surface area contributed by atoms with Crippen LogP contribution in [0.25, 0.3) is 0 Å². The van der Waals surface area contributed by atoms with Gasteiger partial charge in [0.2, 0.25) is 0 Å². The van der Waals surface area contributed by atoms with Crippen LogP contribution < -0.4 is 4.80 Å². The third-order valence-corrected chi connectivity index (χ3v) is 5.89. The predicted molar refractivity (Wildman–Crippen MR) is 97.3 cm³/mol. The highest BCUT2D eigenvalue weighted by Crippen LogP contribution is 2.30. The lowest BCUT2D eigenvalue weighted by Gasteiger charge is -2.13. The van der Waals surface area contributed by atoms with Gasteiger partial charge in [-0.05, 0) is 50.8 Å². The van der Waals surface area contributed by atoms with Crippen LogP contribution in [0.2, 0.25) is 0 Å².